The zero-order valence-electron chi connectivity index (χ0n) is 10.2. The van der Waals surface area contributed by atoms with Crippen LogP contribution in [-0.4, -0.2) is 16.1 Å². The van der Waals surface area contributed by atoms with Gasteiger partial charge in [-0.05, 0) is 12.5 Å². The van der Waals surface area contributed by atoms with Crippen LogP contribution in [0.25, 0.3) is 21.5 Å². The summed E-state index contributed by atoms with van der Waals surface area (Å²) in [5.41, 5.74) is 1.33. The van der Waals surface area contributed by atoms with Crippen LogP contribution in [-0.2, 0) is 6.42 Å². The van der Waals surface area contributed by atoms with Crippen LogP contribution in [0.5, 0.6) is 0 Å². The number of nitrogens with zero attached hydrogens (tertiary/aromatic N) is 1. The summed E-state index contributed by atoms with van der Waals surface area (Å²) in [4.78, 5) is 15.4. The van der Waals surface area contributed by atoms with Gasteiger partial charge in [-0.2, -0.15) is 0 Å². The average molecular weight is 273 g/mol. The van der Waals surface area contributed by atoms with Gasteiger partial charge in [-0.1, -0.05) is 25.1 Å². The Balaban J connectivity index is 2.19. The van der Waals surface area contributed by atoms with Crippen LogP contribution in [0.4, 0.5) is 0 Å². The fourth-order valence-electron chi connectivity index (χ4n) is 2.02. The third kappa shape index (κ3) is 1.92. The minimum Gasteiger partial charge on any atom is -0.475 e. The lowest BCUT2D eigenvalue weighted by Gasteiger charge is -1.92. The van der Waals surface area contributed by atoms with Crippen molar-refractivity contribution in [3.8, 4) is 11.5 Å². The van der Waals surface area contributed by atoms with Crippen LogP contribution in [0.1, 0.15) is 23.2 Å². The lowest BCUT2D eigenvalue weighted by atomic mass is 10.2. The summed E-state index contributed by atoms with van der Waals surface area (Å²) in [6, 6.07) is 7.92. The van der Waals surface area contributed by atoms with Crippen LogP contribution in [0.15, 0.2) is 34.1 Å². The topological polar surface area (TPSA) is 63.3 Å². The number of aromatic carboxylic acids is 1. The minimum atomic E-state index is -1.07. The predicted octanol–water partition coefficient (Wildman–Crippen LogP) is 3.82. The van der Waals surface area contributed by atoms with Gasteiger partial charge in [0.2, 0.25) is 11.7 Å². The molecule has 2 heterocycles. The Morgan fingerprint density at radius 1 is 1.42 bits per heavy atom. The number of thiophene rings is 1. The molecule has 3 rings (SSSR count). The molecule has 1 aromatic carbocycles. The van der Waals surface area contributed by atoms with E-state index in [1.807, 2.05) is 36.6 Å². The number of hydrogen-bond donors (Lipinski definition) is 1. The highest BCUT2D eigenvalue weighted by atomic mass is 32.1. The summed E-state index contributed by atoms with van der Waals surface area (Å²) < 4.78 is 6.55. The molecule has 19 heavy (non-hydrogen) atoms. The zero-order valence-corrected chi connectivity index (χ0v) is 11.0. The van der Waals surface area contributed by atoms with Crippen LogP contribution in [0.3, 0.4) is 0 Å². The second-order valence-corrected chi connectivity index (χ2v) is 5.01. The molecular weight excluding hydrogens is 262 g/mol. The van der Waals surface area contributed by atoms with E-state index in [1.54, 1.807) is 11.3 Å². The quantitative estimate of drug-likeness (QED) is 0.788. The number of rotatable bonds is 3. The van der Waals surface area contributed by atoms with Gasteiger partial charge in [-0.15, -0.1) is 11.3 Å². The van der Waals surface area contributed by atoms with Gasteiger partial charge in [0, 0.05) is 15.5 Å². The summed E-state index contributed by atoms with van der Waals surface area (Å²) in [5, 5.41) is 12.1. The Morgan fingerprint density at radius 3 is 2.89 bits per heavy atom. The standard InChI is InChI=1S/C14H11NO3S/c1-2-10-12(14(16)17)18-13(15-10)9-7-19-11-6-4-3-5-8(9)11/h3-7H,2H2,1H3,(H,16,17). The van der Waals surface area contributed by atoms with Crippen molar-refractivity contribution in [3.05, 3.63) is 41.1 Å². The molecule has 0 fully saturated rings. The largest absolute Gasteiger partial charge is 0.475 e. The first-order chi connectivity index (χ1) is 9.20. The summed E-state index contributed by atoms with van der Waals surface area (Å²) in [7, 11) is 0. The molecule has 3 aromatic rings. The van der Waals surface area contributed by atoms with Gasteiger partial charge in [0.1, 0.15) is 0 Å². The fourth-order valence-corrected chi connectivity index (χ4v) is 2.95. The van der Waals surface area contributed by atoms with Crippen LogP contribution in [0.2, 0.25) is 0 Å². The van der Waals surface area contributed by atoms with Crippen molar-refractivity contribution in [2.24, 2.45) is 0 Å². The first-order valence-corrected chi connectivity index (χ1v) is 6.78. The molecular formula is C14H11NO3S. The summed E-state index contributed by atoms with van der Waals surface area (Å²) in [6.07, 6.45) is 0.535. The van der Waals surface area contributed by atoms with Crippen molar-refractivity contribution >= 4 is 27.4 Å². The van der Waals surface area contributed by atoms with Crippen LogP contribution < -0.4 is 0 Å². The van der Waals surface area contributed by atoms with E-state index in [9.17, 15) is 4.79 Å². The van der Waals surface area contributed by atoms with E-state index in [1.165, 1.54) is 0 Å². The van der Waals surface area contributed by atoms with E-state index in [0.717, 1.165) is 15.6 Å². The number of benzene rings is 1. The van der Waals surface area contributed by atoms with Crippen molar-refractivity contribution in [2.75, 3.05) is 0 Å². The van der Waals surface area contributed by atoms with Gasteiger partial charge in [0.05, 0.1) is 11.3 Å². The summed E-state index contributed by atoms with van der Waals surface area (Å²) >= 11 is 1.59. The Bertz CT molecular complexity index is 757. The highest BCUT2D eigenvalue weighted by molar-refractivity contribution is 7.17. The third-order valence-corrected chi connectivity index (χ3v) is 3.90. The van der Waals surface area contributed by atoms with Crippen LogP contribution >= 0.6 is 11.3 Å². The fraction of sp³-hybridized carbons (Fsp3) is 0.143. The smallest absolute Gasteiger partial charge is 0.373 e. The van der Waals surface area contributed by atoms with E-state index in [4.69, 9.17) is 9.52 Å². The van der Waals surface area contributed by atoms with E-state index in [-0.39, 0.29) is 5.76 Å². The number of aromatic nitrogens is 1. The Labute approximate surface area is 113 Å². The number of aryl methyl sites for hydroxylation is 1. The van der Waals surface area contributed by atoms with Crippen molar-refractivity contribution in [1.29, 1.82) is 0 Å². The summed E-state index contributed by atoms with van der Waals surface area (Å²) in [6.45, 7) is 1.86. The summed E-state index contributed by atoms with van der Waals surface area (Å²) in [5.74, 6) is -0.755. The lowest BCUT2D eigenvalue weighted by Crippen LogP contribution is -1.98. The molecule has 5 heteroatoms. The van der Waals surface area contributed by atoms with Gasteiger partial charge in [0.25, 0.3) is 0 Å². The number of fused-ring (bicyclic) bond motifs is 1. The number of hydrogen-bond acceptors (Lipinski definition) is 4. The molecule has 0 aliphatic heterocycles. The van der Waals surface area contributed by atoms with Crippen molar-refractivity contribution in [2.45, 2.75) is 13.3 Å². The molecule has 96 valence electrons. The first kappa shape index (κ1) is 11.9. The van der Waals surface area contributed by atoms with Gasteiger partial charge in [-0.25, -0.2) is 9.78 Å². The van der Waals surface area contributed by atoms with Crippen molar-refractivity contribution in [3.63, 3.8) is 0 Å². The molecule has 2 aromatic heterocycles. The minimum absolute atomic E-state index is 0.0622. The highest BCUT2D eigenvalue weighted by Gasteiger charge is 2.20. The Hall–Kier alpha value is -2.14. The number of carboxylic acids is 1. The third-order valence-electron chi connectivity index (χ3n) is 2.94. The maximum Gasteiger partial charge on any atom is 0.373 e. The number of carboxylic acid groups (broad SMARTS) is 1. The van der Waals surface area contributed by atoms with Crippen LogP contribution in [0, 0.1) is 0 Å². The van der Waals surface area contributed by atoms with E-state index in [0.29, 0.717) is 18.0 Å². The number of carbonyl (C=O) groups is 1. The molecule has 0 radical (unpaired) electrons. The van der Waals surface area contributed by atoms with Gasteiger partial charge < -0.3 is 9.52 Å². The molecule has 0 amide bonds. The lowest BCUT2D eigenvalue weighted by molar-refractivity contribution is 0.0662. The second kappa shape index (κ2) is 4.51. The maximum atomic E-state index is 11.1. The SMILES string of the molecule is CCc1nc(-c2csc3ccccc23)oc1C(=O)O. The van der Waals surface area contributed by atoms with Gasteiger partial charge in [-0.3, -0.25) is 0 Å². The highest BCUT2D eigenvalue weighted by Crippen LogP contribution is 2.34. The first-order valence-electron chi connectivity index (χ1n) is 5.90. The zero-order chi connectivity index (χ0) is 13.4. The molecule has 0 saturated carbocycles. The second-order valence-electron chi connectivity index (χ2n) is 4.10. The van der Waals surface area contributed by atoms with Crippen molar-refractivity contribution in [1.82, 2.24) is 4.98 Å². The predicted molar refractivity (Wildman–Crippen MR) is 73.7 cm³/mol. The molecule has 4 nitrogen and oxygen atoms in total. The van der Waals surface area contributed by atoms with E-state index < -0.39 is 5.97 Å². The molecule has 0 atom stereocenters. The molecule has 0 saturated heterocycles. The van der Waals surface area contributed by atoms with Gasteiger partial charge in [0.15, 0.2) is 0 Å². The average Bonchev–Trinajstić information content (AvgIpc) is 3.01. The van der Waals surface area contributed by atoms with Gasteiger partial charge >= 0.3 is 5.97 Å². The Kier molecular flexibility index (Phi) is 2.83. The number of oxazole rings is 1. The molecule has 0 bridgehead atoms. The van der Waals surface area contributed by atoms with E-state index >= 15 is 0 Å². The van der Waals surface area contributed by atoms with Crippen molar-refractivity contribution < 1.29 is 14.3 Å². The molecule has 0 aliphatic rings. The maximum absolute atomic E-state index is 11.1. The normalized spacial score (nSPS) is 11.0. The molecule has 0 spiro atoms. The Morgan fingerprint density at radius 2 is 2.21 bits per heavy atom. The molecule has 1 N–H and O–H groups in total. The monoisotopic (exact) mass is 273 g/mol. The van der Waals surface area contributed by atoms with E-state index in [2.05, 4.69) is 4.98 Å². The molecule has 0 aliphatic carbocycles. The molecule has 0 unspecified atom stereocenters.